The molecule has 2 aliphatic rings. The van der Waals surface area contributed by atoms with Crippen molar-refractivity contribution in [2.45, 2.75) is 25.4 Å². The highest BCUT2D eigenvalue weighted by molar-refractivity contribution is 6.08. The highest BCUT2D eigenvalue weighted by atomic mass is 16.1. The highest BCUT2D eigenvalue weighted by Crippen LogP contribution is 2.32. The van der Waals surface area contributed by atoms with Gasteiger partial charge in [-0.25, -0.2) is 4.98 Å². The summed E-state index contributed by atoms with van der Waals surface area (Å²) in [6.07, 6.45) is 5.76. The second-order valence-electron chi connectivity index (χ2n) is 9.57. The number of carbonyl (C=O) groups excluding carboxylic acids is 2. The lowest BCUT2D eigenvalue weighted by atomic mass is 9.94. The predicted molar refractivity (Wildman–Crippen MR) is 143 cm³/mol. The number of ketones is 1. The number of fused-ring (bicyclic) bond motifs is 1. The van der Waals surface area contributed by atoms with E-state index in [1.807, 2.05) is 18.2 Å². The van der Waals surface area contributed by atoms with E-state index in [4.69, 9.17) is 5.73 Å². The normalized spacial score (nSPS) is 17.2. The van der Waals surface area contributed by atoms with Gasteiger partial charge in [0.15, 0.2) is 0 Å². The fraction of sp³-hybridized carbons (Fsp3) is 0.200. The molecule has 0 aliphatic carbocycles. The van der Waals surface area contributed by atoms with Crippen molar-refractivity contribution in [2.24, 2.45) is 10.7 Å². The molecule has 4 aromatic rings. The fourth-order valence-electron chi connectivity index (χ4n) is 5.25. The Labute approximate surface area is 215 Å². The molecule has 1 unspecified atom stereocenters. The molecule has 7 nitrogen and oxygen atoms in total. The number of hydrogen-bond acceptors (Lipinski definition) is 5. The number of nitrogens with two attached hydrogens (primary N) is 1. The molecule has 0 bridgehead atoms. The van der Waals surface area contributed by atoms with E-state index in [-0.39, 0.29) is 5.78 Å². The Morgan fingerprint density at radius 1 is 0.973 bits per heavy atom. The number of aromatic nitrogens is 2. The largest absolute Gasteiger partial charge is 0.366 e. The molecule has 0 spiro atoms. The Balaban J connectivity index is 1.28. The van der Waals surface area contributed by atoms with E-state index in [2.05, 4.69) is 51.3 Å². The summed E-state index contributed by atoms with van der Waals surface area (Å²) in [5, 5.41) is 0. The average Bonchev–Trinajstić information content (AvgIpc) is 3.60. The van der Waals surface area contributed by atoms with Gasteiger partial charge in [0.25, 0.3) is 0 Å². The Hall–Kier alpha value is -4.36. The van der Waals surface area contributed by atoms with Crippen molar-refractivity contribution in [1.82, 2.24) is 14.5 Å². The number of aliphatic imine (C=N–C) groups is 1. The van der Waals surface area contributed by atoms with E-state index >= 15 is 0 Å². The number of Topliss-reactive ketones (excluding diaryl/α,β-unsaturated/α-hetero) is 1. The first-order valence-corrected chi connectivity index (χ1v) is 12.5. The van der Waals surface area contributed by atoms with Gasteiger partial charge in [-0.05, 0) is 66.4 Å². The average molecular weight is 490 g/mol. The fourth-order valence-corrected chi connectivity index (χ4v) is 5.25. The van der Waals surface area contributed by atoms with Gasteiger partial charge in [-0.15, -0.1) is 0 Å². The van der Waals surface area contributed by atoms with Crippen molar-refractivity contribution in [1.29, 1.82) is 0 Å². The summed E-state index contributed by atoms with van der Waals surface area (Å²) in [4.78, 5) is 36.7. The zero-order valence-electron chi connectivity index (χ0n) is 20.4. The summed E-state index contributed by atoms with van der Waals surface area (Å²) >= 11 is 0. The van der Waals surface area contributed by atoms with E-state index in [0.29, 0.717) is 22.6 Å². The van der Waals surface area contributed by atoms with Crippen molar-refractivity contribution < 1.29 is 9.59 Å². The Morgan fingerprint density at radius 3 is 2.54 bits per heavy atom. The molecular formula is C30H27N5O2. The third kappa shape index (κ3) is 4.38. The van der Waals surface area contributed by atoms with Gasteiger partial charge in [0.2, 0.25) is 11.7 Å². The van der Waals surface area contributed by atoms with Crippen LogP contribution in [-0.2, 0) is 6.54 Å². The molecule has 3 heterocycles. The van der Waals surface area contributed by atoms with Gasteiger partial charge >= 0.3 is 0 Å². The summed E-state index contributed by atoms with van der Waals surface area (Å²) in [5.41, 5.74) is 11.9. The molecular weight excluding hydrogens is 462 g/mol. The van der Waals surface area contributed by atoms with Gasteiger partial charge in [-0.3, -0.25) is 24.0 Å². The second kappa shape index (κ2) is 9.59. The zero-order chi connectivity index (χ0) is 25.4. The minimum absolute atomic E-state index is 0.137. The van der Waals surface area contributed by atoms with Crippen LogP contribution in [0, 0.1) is 0 Å². The van der Waals surface area contributed by atoms with Gasteiger partial charge in [0.1, 0.15) is 23.8 Å². The van der Waals surface area contributed by atoms with Crippen molar-refractivity contribution in [2.75, 3.05) is 13.1 Å². The predicted octanol–water partition coefficient (Wildman–Crippen LogP) is 4.59. The second-order valence-corrected chi connectivity index (χ2v) is 9.57. The SMILES string of the molecule is NC(=O)c1cccc(-n2cnc3c2C(=O)C(c2ccc(-c4ccccc4CN4CCCC4)cc2)N=C3)c1. The molecule has 7 heteroatoms. The maximum absolute atomic E-state index is 13.6. The third-order valence-corrected chi connectivity index (χ3v) is 7.18. The number of amides is 1. The quantitative estimate of drug-likeness (QED) is 0.429. The molecule has 6 rings (SSSR count). The number of primary amides is 1. The summed E-state index contributed by atoms with van der Waals surface area (Å²) < 4.78 is 1.70. The molecule has 3 aromatic carbocycles. The first-order valence-electron chi connectivity index (χ1n) is 12.5. The summed E-state index contributed by atoms with van der Waals surface area (Å²) in [5.74, 6) is -0.662. The number of carbonyl (C=O) groups is 2. The van der Waals surface area contributed by atoms with Gasteiger partial charge < -0.3 is 5.73 Å². The third-order valence-electron chi connectivity index (χ3n) is 7.18. The van der Waals surface area contributed by atoms with E-state index in [0.717, 1.165) is 30.8 Å². The van der Waals surface area contributed by atoms with E-state index < -0.39 is 11.9 Å². The minimum Gasteiger partial charge on any atom is -0.366 e. The van der Waals surface area contributed by atoms with Crippen LogP contribution >= 0.6 is 0 Å². The van der Waals surface area contributed by atoms with E-state index in [1.54, 1.807) is 35.3 Å². The Bertz CT molecular complexity index is 1510. The standard InChI is InChI=1S/C30H27N5O2/c31-30(37)22-7-5-8-24(16-22)35-19-33-26-17-32-27(29(36)28(26)35)21-12-10-20(11-13-21)25-9-2-1-6-23(25)18-34-14-3-4-15-34/h1-2,5-13,16-17,19,27H,3-4,14-15,18H2,(H2,31,37). The van der Waals surface area contributed by atoms with Gasteiger partial charge in [-0.2, -0.15) is 0 Å². The first-order chi connectivity index (χ1) is 18.1. The maximum Gasteiger partial charge on any atom is 0.248 e. The van der Waals surface area contributed by atoms with Crippen molar-refractivity contribution >= 4 is 17.9 Å². The molecule has 1 fully saturated rings. The van der Waals surface area contributed by atoms with Crippen LogP contribution in [0.25, 0.3) is 16.8 Å². The number of hydrogen-bond donors (Lipinski definition) is 1. The lowest BCUT2D eigenvalue weighted by molar-refractivity contribution is 0.0952. The molecule has 184 valence electrons. The van der Waals surface area contributed by atoms with Crippen molar-refractivity contribution in [3.8, 4) is 16.8 Å². The number of rotatable bonds is 6. The highest BCUT2D eigenvalue weighted by Gasteiger charge is 2.31. The van der Waals surface area contributed by atoms with Crippen LogP contribution in [0.15, 0.2) is 84.1 Å². The summed E-state index contributed by atoms with van der Waals surface area (Å²) in [6.45, 7) is 3.26. The number of nitrogens with zero attached hydrogens (tertiary/aromatic N) is 4. The molecule has 0 radical (unpaired) electrons. The van der Waals surface area contributed by atoms with Crippen molar-refractivity contribution in [3.63, 3.8) is 0 Å². The number of benzene rings is 3. The Kier molecular flexibility index (Phi) is 5.98. The van der Waals surface area contributed by atoms with Gasteiger partial charge in [0, 0.05) is 17.8 Å². The molecule has 1 saturated heterocycles. The number of imidazole rings is 1. The van der Waals surface area contributed by atoms with Crippen LogP contribution < -0.4 is 5.73 Å². The van der Waals surface area contributed by atoms with Gasteiger partial charge in [-0.1, -0.05) is 54.6 Å². The topological polar surface area (TPSA) is 93.6 Å². The van der Waals surface area contributed by atoms with Crippen molar-refractivity contribution in [3.05, 3.63) is 107 Å². The smallest absolute Gasteiger partial charge is 0.248 e. The molecule has 0 saturated carbocycles. The molecule has 2 N–H and O–H groups in total. The molecule has 1 atom stereocenters. The van der Waals surface area contributed by atoms with E-state index in [9.17, 15) is 9.59 Å². The van der Waals surface area contributed by atoms with Crippen LogP contribution in [0.1, 0.15) is 56.6 Å². The van der Waals surface area contributed by atoms with Gasteiger partial charge in [0.05, 0.1) is 6.21 Å². The zero-order valence-corrected chi connectivity index (χ0v) is 20.4. The monoisotopic (exact) mass is 489 g/mol. The van der Waals surface area contributed by atoms with E-state index in [1.165, 1.54) is 24.0 Å². The van der Waals surface area contributed by atoms with Crippen LogP contribution in [0.3, 0.4) is 0 Å². The molecule has 2 aliphatic heterocycles. The first kappa shape index (κ1) is 23.1. The number of likely N-dealkylation sites (tertiary alicyclic amines) is 1. The summed E-state index contributed by atoms with van der Waals surface area (Å²) in [7, 11) is 0. The lowest BCUT2D eigenvalue weighted by Crippen LogP contribution is -2.21. The maximum atomic E-state index is 13.6. The van der Waals surface area contributed by atoms with Crippen LogP contribution in [0.5, 0.6) is 0 Å². The van der Waals surface area contributed by atoms with Crippen LogP contribution in [0.2, 0.25) is 0 Å². The lowest BCUT2D eigenvalue weighted by Gasteiger charge is -2.19. The molecule has 37 heavy (non-hydrogen) atoms. The van der Waals surface area contributed by atoms with Crippen LogP contribution in [-0.4, -0.2) is 45.4 Å². The minimum atomic E-state index is -0.656. The molecule has 1 aromatic heterocycles. The Morgan fingerprint density at radius 2 is 1.76 bits per heavy atom. The summed E-state index contributed by atoms with van der Waals surface area (Å²) in [6, 6.07) is 22.9. The van der Waals surface area contributed by atoms with Crippen LogP contribution in [0.4, 0.5) is 0 Å². The molecule has 1 amide bonds.